The van der Waals surface area contributed by atoms with Gasteiger partial charge in [-0.15, -0.1) is 11.3 Å². The van der Waals surface area contributed by atoms with E-state index in [1.807, 2.05) is 77.0 Å². The standard InChI is InChI=1S/C25H17N3OS/c26-15-25(16-27)21-13-12-17-7-4-5-10-19(17)28(21)23(22(25)20-11-6-14-30-20)24(29)18-8-2-1-3-9-18/h1-14,21-23H/t21-,22-,23+/m0/s1. The minimum Gasteiger partial charge on any atom is -0.351 e. The Morgan fingerprint density at radius 3 is 2.40 bits per heavy atom. The van der Waals surface area contributed by atoms with Crippen LogP contribution in [-0.4, -0.2) is 17.9 Å². The van der Waals surface area contributed by atoms with Crippen LogP contribution in [0.3, 0.4) is 0 Å². The second kappa shape index (κ2) is 6.99. The highest BCUT2D eigenvalue weighted by Crippen LogP contribution is 2.56. The first-order valence-electron chi connectivity index (χ1n) is 9.72. The third-order valence-electron chi connectivity index (χ3n) is 6.09. The molecule has 2 aliphatic heterocycles. The summed E-state index contributed by atoms with van der Waals surface area (Å²) in [5.41, 5.74) is 1.08. The maximum absolute atomic E-state index is 13.9. The van der Waals surface area contributed by atoms with E-state index in [-0.39, 0.29) is 5.78 Å². The molecule has 144 valence electrons. The van der Waals surface area contributed by atoms with Crippen molar-refractivity contribution in [3.8, 4) is 12.1 Å². The van der Waals surface area contributed by atoms with Crippen molar-refractivity contribution in [3.63, 3.8) is 0 Å². The molecule has 2 aromatic carbocycles. The number of para-hydroxylation sites is 1. The van der Waals surface area contributed by atoms with Crippen LogP contribution in [0.1, 0.15) is 26.7 Å². The summed E-state index contributed by atoms with van der Waals surface area (Å²) in [6, 6.07) is 24.3. The van der Waals surface area contributed by atoms with E-state index in [1.54, 1.807) is 12.1 Å². The van der Waals surface area contributed by atoms with Gasteiger partial charge in [0.05, 0.1) is 24.1 Å². The first kappa shape index (κ1) is 18.4. The Morgan fingerprint density at radius 2 is 1.70 bits per heavy atom. The van der Waals surface area contributed by atoms with E-state index in [9.17, 15) is 15.3 Å². The number of rotatable bonds is 3. The van der Waals surface area contributed by atoms with Gasteiger partial charge >= 0.3 is 0 Å². The van der Waals surface area contributed by atoms with Gasteiger partial charge < -0.3 is 4.90 Å². The Balaban J connectivity index is 1.78. The summed E-state index contributed by atoms with van der Waals surface area (Å²) in [6.45, 7) is 0. The summed E-state index contributed by atoms with van der Waals surface area (Å²) in [5, 5.41) is 22.5. The number of thiophene rings is 1. The first-order chi connectivity index (χ1) is 14.7. The Kier molecular flexibility index (Phi) is 4.28. The number of carbonyl (C=O) groups excluding carboxylic acids is 1. The molecule has 4 nitrogen and oxygen atoms in total. The Bertz CT molecular complexity index is 1200. The minimum absolute atomic E-state index is 0.0727. The highest BCUT2D eigenvalue weighted by atomic mass is 32.1. The molecule has 0 amide bonds. The fourth-order valence-corrected chi connectivity index (χ4v) is 5.72. The van der Waals surface area contributed by atoms with Crippen molar-refractivity contribution in [1.82, 2.24) is 0 Å². The van der Waals surface area contributed by atoms with Crippen molar-refractivity contribution in [1.29, 1.82) is 10.5 Å². The molecule has 3 heterocycles. The minimum atomic E-state index is -1.37. The lowest BCUT2D eigenvalue weighted by Crippen LogP contribution is -2.44. The van der Waals surface area contributed by atoms with Gasteiger partial charge in [-0.1, -0.05) is 66.7 Å². The van der Waals surface area contributed by atoms with Gasteiger partial charge in [-0.2, -0.15) is 10.5 Å². The molecule has 0 N–H and O–H groups in total. The fraction of sp³-hybridized carbons (Fsp3) is 0.160. The van der Waals surface area contributed by atoms with Gasteiger partial charge in [-0.3, -0.25) is 4.79 Å². The molecule has 0 spiro atoms. The van der Waals surface area contributed by atoms with Crippen molar-refractivity contribution in [2.75, 3.05) is 4.90 Å². The number of nitriles is 2. The molecule has 3 atom stereocenters. The second-order valence-corrected chi connectivity index (χ2v) is 8.51. The van der Waals surface area contributed by atoms with E-state index >= 15 is 0 Å². The number of nitrogens with zero attached hydrogens (tertiary/aromatic N) is 3. The number of hydrogen-bond donors (Lipinski definition) is 0. The highest BCUT2D eigenvalue weighted by Gasteiger charge is 2.63. The molecule has 0 saturated carbocycles. The average molecular weight is 407 g/mol. The zero-order valence-corrected chi connectivity index (χ0v) is 16.8. The lowest BCUT2D eigenvalue weighted by atomic mass is 9.71. The van der Waals surface area contributed by atoms with Crippen molar-refractivity contribution in [3.05, 3.63) is 94.2 Å². The van der Waals surface area contributed by atoms with E-state index in [4.69, 9.17) is 0 Å². The maximum Gasteiger partial charge on any atom is 0.185 e. The van der Waals surface area contributed by atoms with E-state index < -0.39 is 23.4 Å². The monoisotopic (exact) mass is 407 g/mol. The third-order valence-corrected chi connectivity index (χ3v) is 7.05. The van der Waals surface area contributed by atoms with E-state index in [0.29, 0.717) is 5.56 Å². The van der Waals surface area contributed by atoms with Crippen LogP contribution in [0.5, 0.6) is 0 Å². The van der Waals surface area contributed by atoms with Crippen LogP contribution in [0.25, 0.3) is 6.08 Å². The van der Waals surface area contributed by atoms with Gasteiger partial charge in [0.2, 0.25) is 0 Å². The number of Topliss-reactive ketones (excluding diaryl/α,β-unsaturated/α-hetero) is 1. The average Bonchev–Trinajstić information content (AvgIpc) is 3.43. The molecule has 0 unspecified atom stereocenters. The number of ketones is 1. The molecule has 1 fully saturated rings. The Hall–Kier alpha value is -3.67. The summed E-state index contributed by atoms with van der Waals surface area (Å²) in [6.07, 6.45) is 3.87. The molecule has 5 heteroatoms. The van der Waals surface area contributed by atoms with E-state index in [0.717, 1.165) is 16.1 Å². The number of hydrogen-bond acceptors (Lipinski definition) is 5. The van der Waals surface area contributed by atoms with Crippen LogP contribution in [-0.2, 0) is 0 Å². The molecular formula is C25H17N3OS. The topological polar surface area (TPSA) is 67.9 Å². The lowest BCUT2D eigenvalue weighted by molar-refractivity contribution is 0.0951. The van der Waals surface area contributed by atoms with Crippen molar-refractivity contribution in [2.24, 2.45) is 5.41 Å². The van der Waals surface area contributed by atoms with Crippen LogP contribution >= 0.6 is 11.3 Å². The quantitative estimate of drug-likeness (QED) is 0.571. The largest absolute Gasteiger partial charge is 0.351 e. The molecule has 30 heavy (non-hydrogen) atoms. The molecule has 1 saturated heterocycles. The summed E-state index contributed by atoms with van der Waals surface area (Å²) in [5.74, 6) is -0.627. The van der Waals surface area contributed by atoms with Crippen molar-refractivity contribution < 1.29 is 4.79 Å². The van der Waals surface area contributed by atoms with Crippen molar-refractivity contribution in [2.45, 2.75) is 18.0 Å². The SMILES string of the molecule is N#CC1(C#N)[C@@H]2C=Cc3ccccc3N2[C@@H](C(=O)c2ccccc2)[C@@H]1c1cccs1. The van der Waals surface area contributed by atoms with Gasteiger partial charge in [0.15, 0.2) is 11.2 Å². The van der Waals surface area contributed by atoms with Gasteiger partial charge in [0.25, 0.3) is 0 Å². The maximum atomic E-state index is 13.9. The molecule has 0 aliphatic carbocycles. The molecule has 5 rings (SSSR count). The summed E-state index contributed by atoms with van der Waals surface area (Å²) in [7, 11) is 0. The Labute approximate surface area is 178 Å². The molecule has 0 radical (unpaired) electrons. The molecule has 2 aliphatic rings. The molecule has 0 bridgehead atoms. The number of fused-ring (bicyclic) bond motifs is 3. The smallest absolute Gasteiger partial charge is 0.185 e. The summed E-state index contributed by atoms with van der Waals surface area (Å²) in [4.78, 5) is 16.7. The van der Waals surface area contributed by atoms with Crippen LogP contribution < -0.4 is 4.90 Å². The summed E-state index contributed by atoms with van der Waals surface area (Å²) < 4.78 is 0. The molecular weight excluding hydrogens is 390 g/mol. The lowest BCUT2D eigenvalue weighted by Gasteiger charge is -2.35. The number of benzene rings is 2. The van der Waals surface area contributed by atoms with Gasteiger partial charge in [0, 0.05) is 16.1 Å². The van der Waals surface area contributed by atoms with Crippen LogP contribution in [0, 0.1) is 28.1 Å². The zero-order valence-electron chi connectivity index (χ0n) is 16.0. The molecule has 3 aromatic rings. The van der Waals surface area contributed by atoms with Crippen LogP contribution in [0.2, 0.25) is 0 Å². The summed E-state index contributed by atoms with van der Waals surface area (Å²) >= 11 is 1.49. The van der Waals surface area contributed by atoms with Crippen molar-refractivity contribution >= 4 is 28.9 Å². The van der Waals surface area contributed by atoms with E-state index in [2.05, 4.69) is 12.1 Å². The molecule has 1 aromatic heterocycles. The zero-order chi connectivity index (χ0) is 20.7. The van der Waals surface area contributed by atoms with E-state index in [1.165, 1.54) is 11.3 Å². The van der Waals surface area contributed by atoms with Gasteiger partial charge in [-0.25, -0.2) is 0 Å². The normalized spacial score (nSPS) is 23.1. The Morgan fingerprint density at radius 1 is 0.967 bits per heavy atom. The van der Waals surface area contributed by atoms with Crippen LogP contribution in [0.15, 0.2) is 78.2 Å². The number of carbonyl (C=O) groups is 1. The van der Waals surface area contributed by atoms with Crippen LogP contribution in [0.4, 0.5) is 5.69 Å². The van der Waals surface area contributed by atoms with Gasteiger partial charge in [-0.05, 0) is 23.1 Å². The highest BCUT2D eigenvalue weighted by molar-refractivity contribution is 7.10. The fourth-order valence-electron chi connectivity index (χ4n) is 4.78. The third kappa shape index (κ3) is 2.46. The first-order valence-corrected chi connectivity index (χ1v) is 10.6. The van der Waals surface area contributed by atoms with Gasteiger partial charge in [0.1, 0.15) is 6.04 Å². The second-order valence-electron chi connectivity index (χ2n) is 7.53. The predicted molar refractivity (Wildman–Crippen MR) is 117 cm³/mol. The predicted octanol–water partition coefficient (Wildman–Crippen LogP) is 5.03. The number of anilines is 1.